The van der Waals surface area contributed by atoms with Crippen LogP contribution < -0.4 is 10.1 Å². The molecule has 0 saturated carbocycles. The Labute approximate surface area is 183 Å². The first-order chi connectivity index (χ1) is 14.9. The second-order valence-corrected chi connectivity index (χ2v) is 10.2. The van der Waals surface area contributed by atoms with Crippen LogP contribution in [-0.4, -0.2) is 43.3 Å². The Bertz CT molecular complexity index is 1200. The summed E-state index contributed by atoms with van der Waals surface area (Å²) in [6.45, 7) is 2.87. The summed E-state index contributed by atoms with van der Waals surface area (Å²) >= 11 is 1.34. The molecule has 1 atom stereocenters. The van der Waals surface area contributed by atoms with Crippen molar-refractivity contribution >= 4 is 42.6 Å². The number of halogens is 1. The number of hydrogen-bond acceptors (Lipinski definition) is 6. The van der Waals surface area contributed by atoms with Crippen LogP contribution in [0.5, 0.6) is 5.75 Å². The van der Waals surface area contributed by atoms with Gasteiger partial charge in [0.15, 0.2) is 5.13 Å². The number of ether oxygens (including phenoxy) is 1. The van der Waals surface area contributed by atoms with Gasteiger partial charge in [0.2, 0.25) is 15.9 Å². The summed E-state index contributed by atoms with van der Waals surface area (Å²) in [6, 6.07) is 10.3. The second-order valence-electron chi connectivity index (χ2n) is 7.23. The number of fused-ring (bicyclic) bond motifs is 1. The van der Waals surface area contributed by atoms with Crippen molar-refractivity contribution < 1.29 is 22.3 Å². The number of hydrogen-bond donors (Lipinski definition) is 1. The first kappa shape index (κ1) is 21.7. The van der Waals surface area contributed by atoms with E-state index in [-0.39, 0.29) is 17.3 Å². The van der Waals surface area contributed by atoms with Gasteiger partial charge in [0.05, 0.1) is 27.6 Å². The van der Waals surface area contributed by atoms with Gasteiger partial charge in [-0.2, -0.15) is 4.31 Å². The molecular formula is C21H22FN3O4S2. The third-order valence-corrected chi connectivity index (χ3v) is 7.92. The number of piperidine rings is 1. The van der Waals surface area contributed by atoms with Crippen molar-refractivity contribution in [1.29, 1.82) is 0 Å². The maximum Gasteiger partial charge on any atom is 0.243 e. The molecule has 2 heterocycles. The maximum absolute atomic E-state index is 13.2. The van der Waals surface area contributed by atoms with Crippen molar-refractivity contribution in [3.63, 3.8) is 0 Å². The molecule has 0 aliphatic carbocycles. The average molecular weight is 464 g/mol. The fraction of sp³-hybridized carbons (Fsp3) is 0.333. The maximum atomic E-state index is 13.2. The number of aromatic nitrogens is 1. The number of nitrogens with one attached hydrogen (secondary N) is 1. The molecular weight excluding hydrogens is 441 g/mol. The van der Waals surface area contributed by atoms with Crippen LogP contribution in [0.15, 0.2) is 47.4 Å². The lowest BCUT2D eigenvalue weighted by Crippen LogP contribution is -2.43. The smallest absolute Gasteiger partial charge is 0.243 e. The predicted octanol–water partition coefficient (Wildman–Crippen LogP) is 3.87. The van der Waals surface area contributed by atoms with Crippen LogP contribution in [-0.2, 0) is 14.8 Å². The Morgan fingerprint density at radius 2 is 2.06 bits per heavy atom. The fourth-order valence-corrected chi connectivity index (χ4v) is 5.97. The van der Waals surface area contributed by atoms with Gasteiger partial charge in [0.25, 0.3) is 0 Å². The van der Waals surface area contributed by atoms with Crippen LogP contribution in [0.25, 0.3) is 10.2 Å². The van der Waals surface area contributed by atoms with Gasteiger partial charge < -0.3 is 10.1 Å². The Balaban J connectivity index is 1.46. The summed E-state index contributed by atoms with van der Waals surface area (Å²) in [6.07, 6.45) is 1.15. The number of carbonyl (C=O) groups is 1. The van der Waals surface area contributed by atoms with Crippen LogP contribution in [0.4, 0.5) is 9.52 Å². The van der Waals surface area contributed by atoms with Gasteiger partial charge in [-0.05, 0) is 62.2 Å². The van der Waals surface area contributed by atoms with Crippen LogP contribution in [0.2, 0.25) is 0 Å². The Hall–Kier alpha value is -2.56. The molecule has 0 spiro atoms. The molecule has 7 nitrogen and oxygen atoms in total. The van der Waals surface area contributed by atoms with Gasteiger partial charge in [-0.3, -0.25) is 4.79 Å². The molecule has 1 fully saturated rings. The lowest BCUT2D eigenvalue weighted by Gasteiger charge is -2.31. The quantitative estimate of drug-likeness (QED) is 0.600. The first-order valence-electron chi connectivity index (χ1n) is 9.97. The number of nitrogens with zero attached hydrogens (tertiary/aromatic N) is 2. The zero-order valence-electron chi connectivity index (χ0n) is 16.9. The molecule has 0 radical (unpaired) electrons. The molecule has 1 amide bonds. The van der Waals surface area contributed by atoms with Crippen molar-refractivity contribution in [2.45, 2.75) is 24.7 Å². The first-order valence-corrected chi connectivity index (χ1v) is 12.2. The fourth-order valence-electron chi connectivity index (χ4n) is 3.55. The summed E-state index contributed by atoms with van der Waals surface area (Å²) in [5.41, 5.74) is 0.757. The SMILES string of the molecule is CCOc1ccc2nc(NC(=O)C3CCCN(S(=O)(=O)c4ccc(F)cc4)C3)sc2c1. The van der Waals surface area contributed by atoms with Crippen LogP contribution in [0.1, 0.15) is 19.8 Å². The summed E-state index contributed by atoms with van der Waals surface area (Å²) in [5.74, 6) is -0.512. The van der Waals surface area contributed by atoms with Gasteiger partial charge in [-0.15, -0.1) is 0 Å². The van der Waals surface area contributed by atoms with Crippen LogP contribution in [0, 0.1) is 11.7 Å². The zero-order valence-corrected chi connectivity index (χ0v) is 18.5. The topological polar surface area (TPSA) is 88.6 Å². The highest BCUT2D eigenvalue weighted by molar-refractivity contribution is 7.89. The number of anilines is 1. The summed E-state index contributed by atoms with van der Waals surface area (Å²) < 4.78 is 46.6. The molecule has 164 valence electrons. The van der Waals surface area contributed by atoms with E-state index < -0.39 is 21.8 Å². The Morgan fingerprint density at radius 3 is 2.81 bits per heavy atom. The monoisotopic (exact) mass is 463 g/mol. The van der Waals surface area contributed by atoms with Crippen LogP contribution in [0.3, 0.4) is 0 Å². The van der Waals surface area contributed by atoms with E-state index in [0.717, 1.165) is 28.1 Å². The van der Waals surface area contributed by atoms with E-state index in [9.17, 15) is 17.6 Å². The molecule has 10 heteroatoms. The molecule has 4 rings (SSSR count). The largest absolute Gasteiger partial charge is 0.494 e. The van der Waals surface area contributed by atoms with Crippen molar-refractivity contribution in [1.82, 2.24) is 9.29 Å². The molecule has 2 aromatic carbocycles. The van der Waals surface area contributed by atoms with E-state index in [4.69, 9.17) is 4.74 Å². The third-order valence-electron chi connectivity index (χ3n) is 5.11. The second kappa shape index (κ2) is 8.89. The summed E-state index contributed by atoms with van der Waals surface area (Å²) in [5, 5.41) is 3.29. The minimum atomic E-state index is -3.79. The van der Waals surface area contributed by atoms with Crippen LogP contribution >= 0.6 is 11.3 Å². The van der Waals surface area contributed by atoms with Gasteiger partial charge in [-0.25, -0.2) is 17.8 Å². The minimum Gasteiger partial charge on any atom is -0.494 e. The number of rotatable bonds is 6. The molecule has 1 unspecified atom stereocenters. The van der Waals surface area contributed by atoms with Crippen molar-refractivity contribution in [3.05, 3.63) is 48.3 Å². The Kier molecular flexibility index (Phi) is 6.22. The normalized spacial score (nSPS) is 17.5. The van der Waals surface area contributed by atoms with E-state index in [2.05, 4.69) is 10.3 Å². The molecule has 0 bridgehead atoms. The number of amides is 1. The number of carbonyl (C=O) groups excluding carboxylic acids is 1. The lowest BCUT2D eigenvalue weighted by atomic mass is 9.99. The predicted molar refractivity (Wildman–Crippen MR) is 117 cm³/mol. The summed E-state index contributed by atoms with van der Waals surface area (Å²) in [7, 11) is -3.79. The molecule has 1 aliphatic rings. The highest BCUT2D eigenvalue weighted by Gasteiger charge is 2.33. The van der Waals surface area contributed by atoms with Gasteiger partial charge in [0, 0.05) is 13.1 Å². The molecule has 1 N–H and O–H groups in total. The molecule has 1 saturated heterocycles. The van der Waals surface area contributed by atoms with E-state index in [1.54, 1.807) is 0 Å². The third kappa shape index (κ3) is 4.70. The number of sulfonamides is 1. The molecule has 3 aromatic rings. The zero-order chi connectivity index (χ0) is 22.0. The van der Waals surface area contributed by atoms with Gasteiger partial charge in [-0.1, -0.05) is 11.3 Å². The molecule has 1 aromatic heterocycles. The highest BCUT2D eigenvalue weighted by atomic mass is 32.2. The standard InChI is InChI=1S/C21H22FN3O4S2/c1-2-29-16-7-10-18-19(12-16)30-21(23-18)24-20(26)14-4-3-11-25(13-14)31(27,28)17-8-5-15(22)6-9-17/h5-10,12,14H,2-4,11,13H2,1H3,(H,23,24,26). The van der Waals surface area contributed by atoms with E-state index in [1.807, 2.05) is 25.1 Å². The number of thiazole rings is 1. The van der Waals surface area contributed by atoms with E-state index in [1.165, 1.54) is 27.8 Å². The molecule has 1 aliphatic heterocycles. The lowest BCUT2D eigenvalue weighted by molar-refractivity contribution is -0.120. The average Bonchev–Trinajstić information content (AvgIpc) is 3.16. The molecule has 31 heavy (non-hydrogen) atoms. The van der Waals surface area contributed by atoms with Gasteiger partial charge in [0.1, 0.15) is 11.6 Å². The van der Waals surface area contributed by atoms with E-state index in [0.29, 0.717) is 31.1 Å². The highest BCUT2D eigenvalue weighted by Crippen LogP contribution is 2.30. The van der Waals surface area contributed by atoms with Crippen molar-refractivity contribution in [3.8, 4) is 5.75 Å². The minimum absolute atomic E-state index is 0.0197. The summed E-state index contributed by atoms with van der Waals surface area (Å²) in [4.78, 5) is 17.3. The Morgan fingerprint density at radius 1 is 1.29 bits per heavy atom. The van der Waals surface area contributed by atoms with Gasteiger partial charge >= 0.3 is 0 Å². The number of benzene rings is 2. The van der Waals surface area contributed by atoms with Crippen molar-refractivity contribution in [2.24, 2.45) is 5.92 Å². The van der Waals surface area contributed by atoms with E-state index >= 15 is 0 Å². The van der Waals surface area contributed by atoms with Crippen molar-refractivity contribution in [2.75, 3.05) is 25.0 Å².